The summed E-state index contributed by atoms with van der Waals surface area (Å²) in [5, 5.41) is 9.02. The van der Waals surface area contributed by atoms with Crippen LogP contribution in [0.5, 0.6) is 5.75 Å². The first-order valence-electron chi connectivity index (χ1n) is 10.1. The van der Waals surface area contributed by atoms with Crippen molar-refractivity contribution >= 4 is 22.6 Å². The Labute approximate surface area is 179 Å². The van der Waals surface area contributed by atoms with Gasteiger partial charge in [0, 0.05) is 31.9 Å². The van der Waals surface area contributed by atoms with E-state index in [1.807, 2.05) is 0 Å². The Morgan fingerprint density at radius 3 is 2.66 bits per heavy atom. The number of benzene rings is 1. The molecule has 11 heteroatoms. The van der Waals surface area contributed by atoms with Crippen LogP contribution in [0.25, 0.3) is 10.9 Å². The van der Waals surface area contributed by atoms with Gasteiger partial charge in [-0.1, -0.05) is 0 Å². The predicted octanol–water partition coefficient (Wildman–Crippen LogP) is 3.56. The average molecular weight is 455 g/mol. The molecule has 7 nitrogen and oxygen atoms in total. The molecular formula is C21H21F4N3O4. The van der Waals surface area contributed by atoms with Gasteiger partial charge < -0.3 is 25.0 Å². The standard InChI is InChI=1S/C21H21F4N3O4/c22-14-6-12-16(28(11-3-4-11)9-13(18(12)29)20(30)31)19(32-21(24)25)17(14)27-5-1-2-10(8-27)15(23)7-26/h6,9,11,21H,1-5,7-8,26H2,(H,30,31)/b15-10+. The van der Waals surface area contributed by atoms with Gasteiger partial charge in [-0.2, -0.15) is 8.78 Å². The van der Waals surface area contributed by atoms with E-state index in [-0.39, 0.29) is 42.3 Å². The number of hydrogen-bond acceptors (Lipinski definition) is 5. The van der Waals surface area contributed by atoms with E-state index >= 15 is 4.39 Å². The number of fused-ring (bicyclic) bond motifs is 1. The third-order valence-corrected chi connectivity index (χ3v) is 5.74. The van der Waals surface area contributed by atoms with Crippen molar-refractivity contribution in [2.75, 3.05) is 24.5 Å². The number of carboxylic acid groups (broad SMARTS) is 1. The van der Waals surface area contributed by atoms with E-state index in [9.17, 15) is 27.9 Å². The molecule has 32 heavy (non-hydrogen) atoms. The van der Waals surface area contributed by atoms with Gasteiger partial charge >= 0.3 is 12.6 Å². The number of piperidine rings is 1. The van der Waals surface area contributed by atoms with Crippen molar-refractivity contribution in [3.05, 3.63) is 45.3 Å². The minimum atomic E-state index is -3.33. The van der Waals surface area contributed by atoms with Gasteiger partial charge in [0.1, 0.15) is 17.1 Å². The Morgan fingerprint density at radius 2 is 2.06 bits per heavy atom. The lowest BCUT2D eigenvalue weighted by molar-refractivity contribution is -0.0488. The van der Waals surface area contributed by atoms with E-state index in [1.165, 1.54) is 9.47 Å². The molecule has 2 fully saturated rings. The highest BCUT2D eigenvalue weighted by Crippen LogP contribution is 2.45. The van der Waals surface area contributed by atoms with Crippen LogP contribution in [0.15, 0.2) is 28.5 Å². The largest absolute Gasteiger partial charge is 0.477 e. The van der Waals surface area contributed by atoms with Crippen LogP contribution in [-0.4, -0.2) is 41.9 Å². The first kappa shape index (κ1) is 22.1. The lowest BCUT2D eigenvalue weighted by Crippen LogP contribution is -2.33. The van der Waals surface area contributed by atoms with E-state index < -0.39 is 41.0 Å². The first-order chi connectivity index (χ1) is 15.2. The van der Waals surface area contributed by atoms with Gasteiger partial charge in [-0.05, 0) is 37.3 Å². The summed E-state index contributed by atoms with van der Waals surface area (Å²) < 4.78 is 62.3. The number of aromatic nitrogens is 1. The molecule has 0 spiro atoms. The SMILES string of the molecule is NC/C(F)=C1/CCCN(c2c(F)cc3c(=O)c(C(=O)O)cn(C4CC4)c3c2OC(F)F)C1. The lowest BCUT2D eigenvalue weighted by atomic mass is 10.0. The molecule has 4 rings (SSSR count). The molecule has 3 N–H and O–H groups in total. The van der Waals surface area contributed by atoms with Crippen LogP contribution in [0.2, 0.25) is 0 Å². The minimum absolute atomic E-state index is 0.0775. The molecular weight excluding hydrogens is 434 g/mol. The Morgan fingerprint density at radius 1 is 1.34 bits per heavy atom. The second-order valence-electron chi connectivity index (χ2n) is 7.86. The lowest BCUT2D eigenvalue weighted by Gasteiger charge is -2.33. The van der Waals surface area contributed by atoms with Crippen LogP contribution in [0, 0.1) is 5.82 Å². The number of halogens is 4. The summed E-state index contributed by atoms with van der Waals surface area (Å²) in [6, 6.07) is 0.606. The van der Waals surface area contributed by atoms with Crippen molar-refractivity contribution in [2.45, 2.75) is 38.3 Å². The Hall–Kier alpha value is -3.08. The Balaban J connectivity index is 2.01. The molecule has 1 saturated carbocycles. The molecule has 0 amide bonds. The number of anilines is 1. The summed E-state index contributed by atoms with van der Waals surface area (Å²) in [5.41, 5.74) is 3.69. The molecule has 0 unspecified atom stereocenters. The maximum atomic E-state index is 15.3. The van der Waals surface area contributed by atoms with Crippen LogP contribution in [0.3, 0.4) is 0 Å². The molecule has 1 aliphatic carbocycles. The van der Waals surface area contributed by atoms with Crippen LogP contribution in [0.4, 0.5) is 23.2 Å². The monoisotopic (exact) mass is 455 g/mol. The zero-order chi connectivity index (χ0) is 23.2. The molecule has 1 aromatic heterocycles. The Kier molecular flexibility index (Phi) is 5.85. The summed E-state index contributed by atoms with van der Waals surface area (Å²) in [6.07, 6.45) is 3.18. The van der Waals surface area contributed by atoms with Crippen molar-refractivity contribution in [2.24, 2.45) is 5.73 Å². The first-order valence-corrected chi connectivity index (χ1v) is 10.1. The zero-order valence-electron chi connectivity index (χ0n) is 16.9. The normalized spacial score (nSPS) is 18.4. The van der Waals surface area contributed by atoms with Gasteiger partial charge in [0.15, 0.2) is 11.6 Å². The zero-order valence-corrected chi connectivity index (χ0v) is 16.9. The number of carbonyl (C=O) groups is 1. The quantitative estimate of drug-likeness (QED) is 0.647. The molecule has 1 aromatic carbocycles. The molecule has 172 valence electrons. The molecule has 1 aliphatic heterocycles. The summed E-state index contributed by atoms with van der Waals surface area (Å²) in [6.45, 7) is -3.50. The highest BCUT2D eigenvalue weighted by atomic mass is 19.3. The van der Waals surface area contributed by atoms with Crippen LogP contribution in [0.1, 0.15) is 42.1 Å². The topological polar surface area (TPSA) is 97.8 Å². The molecule has 1 saturated heterocycles. The van der Waals surface area contributed by atoms with Gasteiger partial charge in [0.2, 0.25) is 5.43 Å². The number of pyridine rings is 1. The third kappa shape index (κ3) is 3.92. The number of hydrogen-bond donors (Lipinski definition) is 2. The number of carboxylic acids is 1. The number of ether oxygens (including phenoxy) is 1. The molecule has 0 bridgehead atoms. The van der Waals surface area contributed by atoms with Crippen molar-refractivity contribution in [1.29, 1.82) is 0 Å². The van der Waals surface area contributed by atoms with E-state index in [0.29, 0.717) is 31.3 Å². The molecule has 2 heterocycles. The van der Waals surface area contributed by atoms with Gasteiger partial charge in [-0.25, -0.2) is 13.6 Å². The highest BCUT2D eigenvalue weighted by molar-refractivity contribution is 5.97. The van der Waals surface area contributed by atoms with Crippen LogP contribution in [-0.2, 0) is 0 Å². The van der Waals surface area contributed by atoms with Crippen LogP contribution < -0.4 is 20.8 Å². The van der Waals surface area contributed by atoms with Crippen LogP contribution >= 0.6 is 0 Å². The molecule has 2 aliphatic rings. The summed E-state index contributed by atoms with van der Waals surface area (Å²) in [5.74, 6) is -3.65. The second-order valence-corrected chi connectivity index (χ2v) is 7.86. The van der Waals surface area contributed by atoms with E-state index in [4.69, 9.17) is 10.5 Å². The number of alkyl halides is 2. The van der Waals surface area contributed by atoms with E-state index in [1.54, 1.807) is 0 Å². The van der Waals surface area contributed by atoms with Gasteiger partial charge in [-0.3, -0.25) is 4.79 Å². The summed E-state index contributed by atoms with van der Waals surface area (Å²) in [7, 11) is 0. The predicted molar refractivity (Wildman–Crippen MR) is 109 cm³/mol. The summed E-state index contributed by atoms with van der Waals surface area (Å²) >= 11 is 0. The van der Waals surface area contributed by atoms with Crippen molar-refractivity contribution in [1.82, 2.24) is 4.57 Å². The number of aromatic carboxylic acids is 1. The van der Waals surface area contributed by atoms with E-state index in [0.717, 1.165) is 12.3 Å². The van der Waals surface area contributed by atoms with Crippen molar-refractivity contribution < 1.29 is 32.2 Å². The number of nitrogens with two attached hydrogens (primary N) is 1. The third-order valence-electron chi connectivity index (χ3n) is 5.74. The number of nitrogens with zero attached hydrogens (tertiary/aromatic N) is 2. The minimum Gasteiger partial charge on any atom is -0.477 e. The van der Waals surface area contributed by atoms with Crippen molar-refractivity contribution in [3.8, 4) is 5.75 Å². The van der Waals surface area contributed by atoms with Gasteiger partial charge in [-0.15, -0.1) is 0 Å². The maximum Gasteiger partial charge on any atom is 0.387 e. The molecule has 0 atom stereocenters. The Bertz CT molecular complexity index is 1170. The maximum absolute atomic E-state index is 15.3. The summed E-state index contributed by atoms with van der Waals surface area (Å²) in [4.78, 5) is 25.7. The van der Waals surface area contributed by atoms with Crippen molar-refractivity contribution in [3.63, 3.8) is 0 Å². The second kappa shape index (κ2) is 8.45. The fourth-order valence-electron chi connectivity index (χ4n) is 4.16. The number of rotatable bonds is 6. The fraction of sp³-hybridized carbons (Fsp3) is 0.429. The van der Waals surface area contributed by atoms with Gasteiger partial charge in [0.05, 0.1) is 10.9 Å². The van der Waals surface area contributed by atoms with Gasteiger partial charge in [0.25, 0.3) is 0 Å². The fourth-order valence-corrected chi connectivity index (χ4v) is 4.16. The highest BCUT2D eigenvalue weighted by Gasteiger charge is 2.33. The molecule has 2 aromatic rings. The average Bonchev–Trinajstić information content (AvgIpc) is 3.58. The smallest absolute Gasteiger partial charge is 0.387 e. The van der Waals surface area contributed by atoms with E-state index in [2.05, 4.69) is 0 Å². The molecule has 0 radical (unpaired) electrons.